The molecule has 0 bridgehead atoms. The smallest absolute Gasteiger partial charge is 0.0986 e. The van der Waals surface area contributed by atoms with Crippen LogP contribution in [0.4, 0.5) is 0 Å². The molecule has 1 rings (SSSR count). The number of allylic oxidation sites excluding steroid dienone is 4. The molecule has 1 aliphatic rings. The van der Waals surface area contributed by atoms with Crippen molar-refractivity contribution in [2.24, 2.45) is 0 Å². The monoisotopic (exact) mass is 302 g/mol. The van der Waals surface area contributed by atoms with E-state index in [-0.39, 0.29) is 7.81 Å². The average Bonchev–Trinajstić information content (AvgIpc) is 1.65. The van der Waals surface area contributed by atoms with Gasteiger partial charge in [0.25, 0.3) is 0 Å². The Hall–Kier alpha value is 0.650. The molecule has 0 radical (unpaired) electrons. The summed E-state index contributed by atoms with van der Waals surface area (Å²) in [4.78, 5) is 0. The van der Waals surface area contributed by atoms with Crippen molar-refractivity contribution in [3.05, 3.63) is 24.3 Å². The summed E-state index contributed by atoms with van der Waals surface area (Å²) in [6.45, 7) is 0. The van der Waals surface area contributed by atoms with Crippen LogP contribution in [-0.4, -0.2) is 7.81 Å². The van der Waals surface area contributed by atoms with Crippen LogP contribution in [0.2, 0.25) is 0 Å². The van der Waals surface area contributed by atoms with Crippen molar-refractivity contribution < 1.29 is 5.48 Å². The fraction of sp³-hybridized carbons (Fsp3) is 0.333. The van der Waals surface area contributed by atoms with Crippen molar-refractivity contribution in [2.75, 3.05) is 0 Å². The van der Waals surface area contributed by atoms with Gasteiger partial charge < -0.3 is 5.48 Å². The third-order valence-corrected chi connectivity index (χ3v) is 2.37. The Balaban J connectivity index is 0.000000640. The van der Waals surface area contributed by atoms with Gasteiger partial charge in [0.1, 0.15) is 0 Å². The molecule has 9 heavy (non-hydrogen) atoms. The summed E-state index contributed by atoms with van der Waals surface area (Å²) in [6.07, 6.45) is 9.52. The molecule has 1 atom stereocenters. The minimum atomic E-state index is 0. The molecule has 0 aromatic rings. The van der Waals surface area contributed by atoms with Gasteiger partial charge in [-0.05, 0) is 6.42 Å². The van der Waals surface area contributed by atoms with Crippen LogP contribution in [0.15, 0.2) is 24.3 Å². The van der Waals surface area contributed by atoms with E-state index in [4.69, 9.17) is 0 Å². The van der Waals surface area contributed by atoms with Gasteiger partial charge in [0.15, 0.2) is 0 Å². The van der Waals surface area contributed by atoms with Crippen molar-refractivity contribution in [1.82, 2.24) is 0 Å². The van der Waals surface area contributed by atoms with E-state index in [2.05, 4.69) is 62.8 Å². The summed E-state index contributed by atoms with van der Waals surface area (Å²) >= 11 is 5.91. The molecule has 2 N–H and O–H groups in total. The Kier molecular flexibility index (Phi) is 4.00. The summed E-state index contributed by atoms with van der Waals surface area (Å²) in [6, 6.07) is 0. The third kappa shape index (κ3) is 3.37. The molecular formula is C6H8BrIO. The summed E-state index contributed by atoms with van der Waals surface area (Å²) in [5.74, 6) is 0. The van der Waals surface area contributed by atoms with Gasteiger partial charge in [-0.2, -0.15) is 0 Å². The molecule has 3 heteroatoms. The number of hydrogen-bond acceptors (Lipinski definition) is 0. The normalized spacial score (nSPS) is 31.8. The first kappa shape index (κ1) is 9.65. The second-order valence-corrected chi connectivity index (χ2v) is 6.57. The first-order valence-corrected chi connectivity index (χ1v) is 4.30. The van der Waals surface area contributed by atoms with E-state index < -0.39 is 0 Å². The molecule has 52 valence electrons. The third-order valence-electron chi connectivity index (χ3n) is 0.977. The molecule has 0 heterocycles. The SMILES string of the molecule is BrC1(I)C=CC=CC1.O. The van der Waals surface area contributed by atoms with Gasteiger partial charge in [-0.15, -0.1) is 0 Å². The summed E-state index contributed by atoms with van der Waals surface area (Å²) in [5.41, 5.74) is 0. The molecule has 1 aliphatic carbocycles. The number of hydrogen-bond donors (Lipinski definition) is 0. The van der Waals surface area contributed by atoms with Crippen molar-refractivity contribution in [3.63, 3.8) is 0 Å². The van der Waals surface area contributed by atoms with Crippen LogP contribution in [-0.2, 0) is 0 Å². The van der Waals surface area contributed by atoms with E-state index >= 15 is 0 Å². The van der Waals surface area contributed by atoms with Gasteiger partial charge in [-0.3, -0.25) is 0 Å². The van der Waals surface area contributed by atoms with Gasteiger partial charge in [0.05, 0.1) is 2.33 Å². The van der Waals surface area contributed by atoms with Crippen LogP contribution in [0.25, 0.3) is 0 Å². The first-order valence-electron chi connectivity index (χ1n) is 2.43. The Morgan fingerprint density at radius 3 is 2.33 bits per heavy atom. The maximum atomic E-state index is 3.54. The molecule has 1 unspecified atom stereocenters. The standard InChI is InChI=1S/C6H6BrI.H2O/c7-6(8)4-2-1-3-5-6;/h1-4H,5H2;1H2. The van der Waals surface area contributed by atoms with Crippen LogP contribution in [0.1, 0.15) is 6.42 Å². The van der Waals surface area contributed by atoms with Crippen molar-refractivity contribution in [1.29, 1.82) is 0 Å². The van der Waals surface area contributed by atoms with Crippen LogP contribution in [0.5, 0.6) is 0 Å². The maximum absolute atomic E-state index is 3.54. The highest BCUT2D eigenvalue weighted by Gasteiger charge is 2.16. The van der Waals surface area contributed by atoms with E-state index in [0.29, 0.717) is 0 Å². The van der Waals surface area contributed by atoms with E-state index in [1.54, 1.807) is 0 Å². The molecular weight excluding hydrogens is 295 g/mol. The Labute approximate surface area is 76.8 Å². The fourth-order valence-electron chi connectivity index (χ4n) is 0.568. The van der Waals surface area contributed by atoms with Crippen LogP contribution >= 0.6 is 38.5 Å². The van der Waals surface area contributed by atoms with Gasteiger partial charge >= 0.3 is 0 Å². The molecule has 0 saturated carbocycles. The molecule has 0 amide bonds. The molecule has 0 spiro atoms. The quantitative estimate of drug-likeness (QED) is 0.485. The average molecular weight is 303 g/mol. The molecule has 1 nitrogen and oxygen atoms in total. The lowest BCUT2D eigenvalue weighted by molar-refractivity contribution is 0.824. The predicted octanol–water partition coefficient (Wildman–Crippen LogP) is 2.20. The second kappa shape index (κ2) is 3.73. The Bertz CT molecular complexity index is 140. The van der Waals surface area contributed by atoms with Crippen molar-refractivity contribution in [3.8, 4) is 0 Å². The lowest BCUT2D eigenvalue weighted by Crippen LogP contribution is -2.05. The summed E-state index contributed by atoms with van der Waals surface area (Å²) < 4.78 is 0.194. The van der Waals surface area contributed by atoms with Crippen LogP contribution in [0, 0.1) is 0 Å². The van der Waals surface area contributed by atoms with E-state index in [1.165, 1.54) is 0 Å². The van der Waals surface area contributed by atoms with Gasteiger partial charge in [0.2, 0.25) is 0 Å². The predicted molar refractivity (Wildman–Crippen MR) is 52.2 cm³/mol. The fourth-order valence-corrected chi connectivity index (χ4v) is 1.37. The van der Waals surface area contributed by atoms with E-state index in [0.717, 1.165) is 6.42 Å². The van der Waals surface area contributed by atoms with Crippen molar-refractivity contribution in [2.45, 2.75) is 8.75 Å². The molecule has 0 aliphatic heterocycles. The van der Waals surface area contributed by atoms with Crippen LogP contribution in [0.3, 0.4) is 0 Å². The lowest BCUT2D eigenvalue weighted by atomic mass is 10.2. The number of halogens is 2. The lowest BCUT2D eigenvalue weighted by Gasteiger charge is -2.14. The maximum Gasteiger partial charge on any atom is 0.0986 e. The molecule has 0 saturated heterocycles. The Morgan fingerprint density at radius 1 is 1.44 bits per heavy atom. The highest BCUT2D eigenvalue weighted by Crippen LogP contribution is 2.34. The molecule has 0 aromatic carbocycles. The first-order chi connectivity index (χ1) is 3.71. The van der Waals surface area contributed by atoms with Crippen molar-refractivity contribution >= 4 is 38.5 Å². The minimum absolute atomic E-state index is 0. The number of rotatable bonds is 0. The second-order valence-electron chi connectivity index (χ2n) is 1.75. The topological polar surface area (TPSA) is 31.5 Å². The highest BCUT2D eigenvalue weighted by molar-refractivity contribution is 14.1. The largest absolute Gasteiger partial charge is 0.412 e. The van der Waals surface area contributed by atoms with Crippen LogP contribution < -0.4 is 0 Å². The zero-order valence-corrected chi connectivity index (χ0v) is 8.52. The van der Waals surface area contributed by atoms with Gasteiger partial charge in [-0.25, -0.2) is 0 Å². The van der Waals surface area contributed by atoms with Gasteiger partial charge in [0, 0.05) is 0 Å². The summed E-state index contributed by atoms with van der Waals surface area (Å²) in [7, 11) is 0. The molecule has 0 fully saturated rings. The highest BCUT2D eigenvalue weighted by atomic mass is 127. The molecule has 0 aromatic heterocycles. The number of alkyl halides is 2. The minimum Gasteiger partial charge on any atom is -0.412 e. The van der Waals surface area contributed by atoms with E-state index in [9.17, 15) is 0 Å². The van der Waals surface area contributed by atoms with Gasteiger partial charge in [-0.1, -0.05) is 62.8 Å². The summed E-state index contributed by atoms with van der Waals surface area (Å²) in [5, 5.41) is 0. The Morgan fingerprint density at radius 2 is 2.11 bits per heavy atom. The zero-order valence-electron chi connectivity index (χ0n) is 4.77. The van der Waals surface area contributed by atoms with E-state index in [1.807, 2.05) is 0 Å². The zero-order chi connectivity index (χ0) is 6.04.